The van der Waals surface area contributed by atoms with E-state index in [2.05, 4.69) is 0 Å². The lowest BCUT2D eigenvalue weighted by Crippen LogP contribution is -2.52. The highest BCUT2D eigenvalue weighted by atomic mass is 16.6. The van der Waals surface area contributed by atoms with Gasteiger partial charge in [-0.2, -0.15) is 0 Å². The SMILES string of the molecule is C/C=C(\C)C(=O)OC1C(=O)c2c(ccc3ccc(=O)oc23)OC1(C)C. The summed E-state index contributed by atoms with van der Waals surface area (Å²) in [5.74, 6) is -0.752. The largest absolute Gasteiger partial charge is 0.483 e. The molecule has 1 aromatic carbocycles. The van der Waals surface area contributed by atoms with Crippen molar-refractivity contribution >= 4 is 22.7 Å². The molecule has 6 heteroatoms. The molecule has 1 aliphatic rings. The third kappa shape index (κ3) is 2.84. The minimum Gasteiger partial charge on any atom is -0.483 e. The Hall–Kier alpha value is -2.89. The van der Waals surface area contributed by atoms with E-state index in [-0.39, 0.29) is 11.1 Å². The molecule has 0 spiro atoms. The van der Waals surface area contributed by atoms with Crippen molar-refractivity contribution < 1.29 is 23.5 Å². The third-order valence-corrected chi connectivity index (χ3v) is 4.22. The van der Waals surface area contributed by atoms with Crippen molar-refractivity contribution in [3.63, 3.8) is 0 Å². The zero-order chi connectivity index (χ0) is 18.4. The van der Waals surface area contributed by atoms with Gasteiger partial charge in [-0.1, -0.05) is 6.08 Å². The van der Waals surface area contributed by atoms with E-state index >= 15 is 0 Å². The van der Waals surface area contributed by atoms with Crippen LogP contribution < -0.4 is 10.4 Å². The van der Waals surface area contributed by atoms with Crippen molar-refractivity contribution in [3.05, 3.63) is 51.9 Å². The number of allylic oxidation sites excluding steroid dienone is 1. The molecule has 0 bridgehead atoms. The highest BCUT2D eigenvalue weighted by Gasteiger charge is 2.47. The van der Waals surface area contributed by atoms with Crippen LogP contribution in [0.2, 0.25) is 0 Å². The average molecular weight is 342 g/mol. The maximum Gasteiger partial charge on any atom is 0.336 e. The second kappa shape index (κ2) is 5.88. The van der Waals surface area contributed by atoms with E-state index in [9.17, 15) is 14.4 Å². The summed E-state index contributed by atoms with van der Waals surface area (Å²) in [6.07, 6.45) is 0.449. The minimum absolute atomic E-state index is 0.116. The summed E-state index contributed by atoms with van der Waals surface area (Å²) >= 11 is 0. The Labute approximate surface area is 144 Å². The van der Waals surface area contributed by atoms with E-state index in [1.54, 1.807) is 52.0 Å². The topological polar surface area (TPSA) is 82.8 Å². The van der Waals surface area contributed by atoms with Crippen molar-refractivity contribution in [1.29, 1.82) is 0 Å². The molecule has 0 saturated heterocycles. The van der Waals surface area contributed by atoms with E-state index in [0.717, 1.165) is 0 Å². The van der Waals surface area contributed by atoms with E-state index in [0.29, 0.717) is 16.7 Å². The first-order valence-corrected chi connectivity index (χ1v) is 7.88. The van der Waals surface area contributed by atoms with Gasteiger partial charge in [0.25, 0.3) is 0 Å². The van der Waals surface area contributed by atoms with Gasteiger partial charge in [0, 0.05) is 17.0 Å². The van der Waals surface area contributed by atoms with Crippen LogP contribution in [0.5, 0.6) is 5.75 Å². The third-order valence-electron chi connectivity index (χ3n) is 4.22. The number of carbonyl (C=O) groups is 2. The monoisotopic (exact) mass is 342 g/mol. The Morgan fingerprint density at radius 2 is 1.88 bits per heavy atom. The molecule has 130 valence electrons. The Kier molecular flexibility index (Phi) is 3.99. The summed E-state index contributed by atoms with van der Waals surface area (Å²) < 4.78 is 16.5. The molecule has 0 radical (unpaired) electrons. The minimum atomic E-state index is -1.15. The Bertz CT molecular complexity index is 964. The van der Waals surface area contributed by atoms with Gasteiger partial charge in [0.2, 0.25) is 11.9 Å². The van der Waals surface area contributed by atoms with Crippen molar-refractivity contribution in [2.24, 2.45) is 0 Å². The molecule has 0 N–H and O–H groups in total. The Balaban J connectivity index is 2.14. The lowest BCUT2D eigenvalue weighted by Gasteiger charge is -2.38. The van der Waals surface area contributed by atoms with Gasteiger partial charge in [0.15, 0.2) is 5.58 Å². The predicted octanol–water partition coefficient (Wildman–Crippen LogP) is 3.02. The molecule has 6 nitrogen and oxygen atoms in total. The van der Waals surface area contributed by atoms with Crippen LogP contribution in [0.1, 0.15) is 38.1 Å². The number of benzene rings is 1. The quantitative estimate of drug-likeness (QED) is 0.474. The van der Waals surface area contributed by atoms with Gasteiger partial charge < -0.3 is 13.9 Å². The van der Waals surface area contributed by atoms with Crippen LogP contribution in [0.3, 0.4) is 0 Å². The molecular weight excluding hydrogens is 324 g/mol. The zero-order valence-corrected chi connectivity index (χ0v) is 14.4. The molecule has 2 heterocycles. The predicted molar refractivity (Wildman–Crippen MR) is 90.8 cm³/mol. The number of fused-ring (bicyclic) bond motifs is 3. The molecule has 0 amide bonds. The van der Waals surface area contributed by atoms with Crippen LogP contribution in [0.4, 0.5) is 0 Å². The van der Waals surface area contributed by atoms with Crippen LogP contribution in [-0.2, 0) is 9.53 Å². The first-order chi connectivity index (χ1) is 11.7. The summed E-state index contributed by atoms with van der Waals surface area (Å²) in [6, 6.07) is 6.20. The Morgan fingerprint density at radius 1 is 1.20 bits per heavy atom. The molecule has 0 saturated carbocycles. The second-order valence-electron chi connectivity index (χ2n) is 6.44. The fourth-order valence-corrected chi connectivity index (χ4v) is 2.73. The van der Waals surface area contributed by atoms with Gasteiger partial charge in [0.1, 0.15) is 16.9 Å². The van der Waals surface area contributed by atoms with Gasteiger partial charge in [-0.3, -0.25) is 4.79 Å². The standard InChI is InChI=1S/C19H18O6/c1-5-10(2)18(22)24-17-15(21)14-12(25-19(17,3)4)8-6-11-7-9-13(20)23-16(11)14/h5-9,17H,1-4H3/b10-5+. The fraction of sp³-hybridized carbons (Fsp3) is 0.316. The average Bonchev–Trinajstić information content (AvgIpc) is 2.56. The lowest BCUT2D eigenvalue weighted by atomic mass is 9.88. The van der Waals surface area contributed by atoms with E-state index in [1.807, 2.05) is 0 Å². The molecule has 0 aliphatic carbocycles. The van der Waals surface area contributed by atoms with Gasteiger partial charge >= 0.3 is 11.6 Å². The maximum atomic E-state index is 13.1. The number of hydrogen-bond donors (Lipinski definition) is 0. The number of hydrogen-bond acceptors (Lipinski definition) is 6. The number of carbonyl (C=O) groups excluding carboxylic acids is 2. The Morgan fingerprint density at radius 3 is 2.56 bits per heavy atom. The summed E-state index contributed by atoms with van der Waals surface area (Å²) in [7, 11) is 0. The van der Waals surface area contributed by atoms with Gasteiger partial charge in [-0.25, -0.2) is 9.59 Å². The summed E-state index contributed by atoms with van der Waals surface area (Å²) in [6.45, 7) is 6.65. The van der Waals surface area contributed by atoms with Crippen LogP contribution in [0, 0.1) is 0 Å². The number of Topliss-reactive ketones (excluding diaryl/α,β-unsaturated/α-hetero) is 1. The molecule has 3 rings (SSSR count). The molecule has 1 unspecified atom stereocenters. The molecule has 2 aromatic rings. The lowest BCUT2D eigenvalue weighted by molar-refractivity contribution is -0.151. The van der Waals surface area contributed by atoms with E-state index in [1.165, 1.54) is 6.07 Å². The van der Waals surface area contributed by atoms with Crippen molar-refractivity contribution in [3.8, 4) is 5.75 Å². The van der Waals surface area contributed by atoms with Gasteiger partial charge in [-0.05, 0) is 45.9 Å². The number of rotatable bonds is 2. The molecule has 1 aromatic heterocycles. The van der Waals surface area contributed by atoms with Gasteiger partial charge in [0.05, 0.1) is 0 Å². The summed E-state index contributed by atoms with van der Waals surface area (Å²) in [5, 5.41) is 0.588. The van der Waals surface area contributed by atoms with E-state index < -0.39 is 29.1 Å². The molecular formula is C19H18O6. The fourth-order valence-electron chi connectivity index (χ4n) is 2.73. The van der Waals surface area contributed by atoms with Crippen LogP contribution in [0.15, 0.2) is 45.1 Å². The number of ketones is 1. The zero-order valence-electron chi connectivity index (χ0n) is 14.4. The second-order valence-corrected chi connectivity index (χ2v) is 6.44. The van der Waals surface area contributed by atoms with Crippen LogP contribution in [-0.4, -0.2) is 23.5 Å². The van der Waals surface area contributed by atoms with E-state index in [4.69, 9.17) is 13.9 Å². The summed E-state index contributed by atoms with van der Waals surface area (Å²) in [5.41, 5.74) is -0.994. The molecule has 1 aliphatic heterocycles. The highest BCUT2D eigenvalue weighted by Crippen LogP contribution is 2.38. The van der Waals surface area contributed by atoms with Crippen molar-refractivity contribution in [2.75, 3.05) is 0 Å². The summed E-state index contributed by atoms with van der Waals surface area (Å²) in [4.78, 5) is 36.8. The number of ether oxygens (including phenoxy) is 2. The first-order valence-electron chi connectivity index (χ1n) is 7.88. The smallest absolute Gasteiger partial charge is 0.336 e. The molecule has 1 atom stereocenters. The van der Waals surface area contributed by atoms with Gasteiger partial charge in [-0.15, -0.1) is 0 Å². The first kappa shape index (κ1) is 17.0. The maximum absolute atomic E-state index is 13.1. The van der Waals surface area contributed by atoms with Crippen molar-refractivity contribution in [1.82, 2.24) is 0 Å². The highest BCUT2D eigenvalue weighted by molar-refractivity contribution is 6.12. The van der Waals surface area contributed by atoms with Crippen LogP contribution in [0.25, 0.3) is 11.0 Å². The van der Waals surface area contributed by atoms with Crippen LogP contribution >= 0.6 is 0 Å². The molecule has 25 heavy (non-hydrogen) atoms. The molecule has 0 fully saturated rings. The van der Waals surface area contributed by atoms with Crippen molar-refractivity contribution in [2.45, 2.75) is 39.4 Å². The number of esters is 1. The normalized spacial score (nSPS) is 19.3.